The molecule has 4 rings (SSSR count). The molecule has 0 radical (unpaired) electrons. The maximum absolute atomic E-state index is 14.7. The number of carbonyl (C=O) groups is 7. The predicted octanol–water partition coefficient (Wildman–Crippen LogP) is 6.14. The highest BCUT2D eigenvalue weighted by molar-refractivity contribution is 6.38. The van der Waals surface area contributed by atoms with Gasteiger partial charge in [0.2, 0.25) is 29.3 Å². The van der Waals surface area contributed by atoms with Gasteiger partial charge in [0.05, 0.1) is 17.7 Å². The molecule has 1 saturated heterocycles. The maximum Gasteiger partial charge on any atom is 0.258 e. The molecule has 4 amide bonds. The highest BCUT2D eigenvalue weighted by atomic mass is 35.5. The quantitative estimate of drug-likeness (QED) is 0.0692. The second-order valence-corrected chi connectivity index (χ2v) is 16.7. The maximum atomic E-state index is 14.7. The molecule has 1 aliphatic carbocycles. The Morgan fingerprint density at radius 2 is 1.52 bits per heavy atom. The number of amides is 4. The molecule has 12 nitrogen and oxygen atoms in total. The molecule has 2 unspecified atom stereocenters. The molecule has 2 aromatic rings. The molecule has 0 aromatic heterocycles. The number of halogens is 6. The highest BCUT2D eigenvalue weighted by Gasteiger charge is 2.46. The number of benzene rings is 2. The van der Waals surface area contributed by atoms with Crippen LogP contribution >= 0.6 is 11.6 Å². The Labute approximate surface area is 349 Å². The Morgan fingerprint density at radius 1 is 0.900 bits per heavy atom. The van der Waals surface area contributed by atoms with Gasteiger partial charge in [-0.3, -0.25) is 33.6 Å². The number of hydrogen-bond acceptors (Lipinski definition) is 8. The van der Waals surface area contributed by atoms with Gasteiger partial charge in [-0.25, -0.2) is 22.0 Å². The SMILES string of the molecule is CCCC(CC(=O)[C@@H]1C[C@@H](OC(C)(C)C)CN1C(=O)[C@@H](NC(=O)c1c(F)c(F)c(F)c(F)c1F)C1CCCCC1)C(=O)C(=O)CCC(=O)NC(C(N)=O)c1cccc(Cl)c1. The third-order valence-electron chi connectivity index (χ3n) is 10.6. The zero-order valence-corrected chi connectivity index (χ0v) is 34.6. The molecule has 1 heterocycles. The predicted molar refractivity (Wildman–Crippen MR) is 208 cm³/mol. The summed E-state index contributed by atoms with van der Waals surface area (Å²) in [5.74, 6) is -20.4. The Kier molecular flexibility index (Phi) is 16.5. The number of hydrogen-bond donors (Lipinski definition) is 3. The van der Waals surface area contributed by atoms with E-state index < -0.39 is 137 Å². The lowest BCUT2D eigenvalue weighted by atomic mass is 9.82. The lowest BCUT2D eigenvalue weighted by molar-refractivity contribution is -0.143. The van der Waals surface area contributed by atoms with Crippen molar-refractivity contribution in [3.8, 4) is 0 Å². The van der Waals surface area contributed by atoms with Crippen molar-refractivity contribution in [1.29, 1.82) is 0 Å². The Morgan fingerprint density at radius 3 is 2.08 bits per heavy atom. The molecule has 4 N–H and O–H groups in total. The van der Waals surface area contributed by atoms with E-state index in [0.717, 1.165) is 11.3 Å². The third-order valence-corrected chi connectivity index (χ3v) is 10.9. The summed E-state index contributed by atoms with van der Waals surface area (Å²) in [5, 5.41) is 4.94. The average Bonchev–Trinajstić information content (AvgIpc) is 3.61. The Balaban J connectivity index is 1.55. The molecule has 1 aliphatic heterocycles. The van der Waals surface area contributed by atoms with E-state index in [1.54, 1.807) is 39.8 Å². The van der Waals surface area contributed by atoms with Crippen molar-refractivity contribution in [2.45, 2.75) is 128 Å². The topological polar surface area (TPSA) is 182 Å². The largest absolute Gasteiger partial charge is 0.371 e. The fourth-order valence-electron chi connectivity index (χ4n) is 7.85. The number of nitrogens with one attached hydrogen (secondary N) is 2. The fraction of sp³-hybridized carbons (Fsp3) is 0.548. The number of primary amides is 1. The van der Waals surface area contributed by atoms with Crippen LogP contribution in [0.5, 0.6) is 0 Å². The fourth-order valence-corrected chi connectivity index (χ4v) is 8.04. The first-order chi connectivity index (χ1) is 28.1. The van der Waals surface area contributed by atoms with E-state index in [9.17, 15) is 55.5 Å². The number of carbonyl (C=O) groups excluding carboxylic acids is 7. The summed E-state index contributed by atoms with van der Waals surface area (Å²) < 4.78 is 77.7. The van der Waals surface area contributed by atoms with E-state index in [-0.39, 0.29) is 24.4 Å². The minimum absolute atomic E-state index is 0.0559. The molecule has 5 atom stereocenters. The third kappa shape index (κ3) is 12.0. The van der Waals surface area contributed by atoms with Gasteiger partial charge in [-0.1, -0.05) is 56.3 Å². The normalized spacial score (nSPS) is 18.7. The first kappa shape index (κ1) is 47.9. The van der Waals surface area contributed by atoms with Gasteiger partial charge in [0.25, 0.3) is 5.91 Å². The van der Waals surface area contributed by atoms with Crippen LogP contribution in [0.2, 0.25) is 5.02 Å². The van der Waals surface area contributed by atoms with Gasteiger partial charge < -0.3 is 26.0 Å². The van der Waals surface area contributed by atoms with Crippen molar-refractivity contribution in [2.24, 2.45) is 17.6 Å². The van der Waals surface area contributed by atoms with Crippen molar-refractivity contribution in [3.05, 3.63) is 69.5 Å². The van der Waals surface area contributed by atoms with E-state index >= 15 is 0 Å². The number of ether oxygens (including phenoxy) is 1. The minimum atomic E-state index is -2.46. The summed E-state index contributed by atoms with van der Waals surface area (Å²) >= 11 is 6.00. The second-order valence-electron chi connectivity index (χ2n) is 16.3. The second kappa shape index (κ2) is 20.7. The van der Waals surface area contributed by atoms with Crippen LogP contribution in [0.25, 0.3) is 0 Å². The molecule has 2 fully saturated rings. The van der Waals surface area contributed by atoms with Crippen LogP contribution in [0.15, 0.2) is 24.3 Å². The lowest BCUT2D eigenvalue weighted by Crippen LogP contribution is -2.55. The van der Waals surface area contributed by atoms with Crippen LogP contribution in [0.4, 0.5) is 22.0 Å². The monoisotopic (exact) mass is 868 g/mol. The zero-order valence-electron chi connectivity index (χ0n) is 33.8. The van der Waals surface area contributed by atoms with Crippen LogP contribution in [0, 0.1) is 40.9 Å². The number of ketones is 3. The molecule has 2 aromatic carbocycles. The van der Waals surface area contributed by atoms with Crippen LogP contribution in [-0.2, 0) is 33.5 Å². The van der Waals surface area contributed by atoms with Gasteiger partial charge in [0.1, 0.15) is 17.6 Å². The van der Waals surface area contributed by atoms with Crippen molar-refractivity contribution < 1.29 is 60.3 Å². The number of nitrogens with zero attached hydrogens (tertiary/aromatic N) is 1. The standard InChI is InChI=1S/C42H50ClF5N4O8/c1-5-10-23(38(56)27(53)15-16-29(55)50-36(39(49)57)22-13-9-14-24(43)17-22)18-28(54)26-19-25(60-42(2,3)4)20-52(26)41(59)37(21-11-7-6-8-12-21)51-40(58)30-31(44)33(46)35(48)34(47)32(30)45/h9,13-14,17,21,23,25-26,36-37H,5-8,10-12,15-16,18-20H2,1-4H3,(H2,49,57)(H,50,55)(H,51,58)/t23?,25-,26+,36?,37+/m1/s1. The molecular weight excluding hydrogens is 819 g/mol. The smallest absolute Gasteiger partial charge is 0.258 e. The van der Waals surface area contributed by atoms with Gasteiger partial charge in [0.15, 0.2) is 34.8 Å². The van der Waals surface area contributed by atoms with Gasteiger partial charge in [-0.2, -0.15) is 0 Å². The average molecular weight is 869 g/mol. The van der Waals surface area contributed by atoms with E-state index in [0.29, 0.717) is 37.7 Å². The van der Waals surface area contributed by atoms with E-state index in [1.807, 2.05) is 0 Å². The van der Waals surface area contributed by atoms with Crippen molar-refractivity contribution >= 4 is 52.6 Å². The molecule has 18 heteroatoms. The van der Waals surface area contributed by atoms with Crippen LogP contribution < -0.4 is 16.4 Å². The van der Waals surface area contributed by atoms with E-state index in [1.165, 1.54) is 12.1 Å². The minimum Gasteiger partial charge on any atom is -0.371 e. The Hall–Kier alpha value is -4.77. The number of Topliss-reactive ketones (excluding diaryl/α,β-unsaturated/α-hetero) is 3. The molecular formula is C42H50ClF5N4O8. The van der Waals surface area contributed by atoms with Crippen molar-refractivity contribution in [3.63, 3.8) is 0 Å². The van der Waals surface area contributed by atoms with Gasteiger partial charge >= 0.3 is 0 Å². The summed E-state index contributed by atoms with van der Waals surface area (Å²) in [6, 6.07) is 1.98. The van der Waals surface area contributed by atoms with E-state index in [2.05, 4.69) is 10.6 Å². The lowest BCUT2D eigenvalue weighted by Gasteiger charge is -2.35. The molecule has 0 bridgehead atoms. The van der Waals surface area contributed by atoms with E-state index in [4.69, 9.17) is 22.1 Å². The molecule has 60 heavy (non-hydrogen) atoms. The van der Waals surface area contributed by atoms with Crippen molar-refractivity contribution in [2.75, 3.05) is 6.54 Å². The zero-order chi connectivity index (χ0) is 44.6. The summed E-state index contributed by atoms with van der Waals surface area (Å²) in [5.41, 5.74) is 3.25. The van der Waals surface area contributed by atoms with Crippen LogP contribution in [0.3, 0.4) is 0 Å². The first-order valence-corrected chi connectivity index (χ1v) is 20.3. The first-order valence-electron chi connectivity index (χ1n) is 19.9. The summed E-state index contributed by atoms with van der Waals surface area (Å²) in [6.45, 7) is 6.78. The Bertz CT molecular complexity index is 1960. The summed E-state index contributed by atoms with van der Waals surface area (Å²) in [7, 11) is 0. The van der Waals surface area contributed by atoms with Gasteiger partial charge in [-0.15, -0.1) is 0 Å². The molecule has 2 aliphatic rings. The number of likely N-dealkylation sites (tertiary alicyclic amines) is 1. The van der Waals surface area contributed by atoms with Gasteiger partial charge in [0, 0.05) is 43.2 Å². The molecule has 1 saturated carbocycles. The van der Waals surface area contributed by atoms with Crippen molar-refractivity contribution in [1.82, 2.24) is 15.5 Å². The van der Waals surface area contributed by atoms with Crippen LogP contribution in [-0.4, -0.2) is 76.2 Å². The van der Waals surface area contributed by atoms with Gasteiger partial charge in [-0.05, 0) is 63.6 Å². The summed E-state index contributed by atoms with van der Waals surface area (Å²) in [4.78, 5) is 94.8. The number of rotatable bonds is 18. The highest BCUT2D eigenvalue weighted by Crippen LogP contribution is 2.33. The number of nitrogens with two attached hydrogens (primary N) is 1. The molecule has 328 valence electrons. The van der Waals surface area contributed by atoms with Crippen LogP contribution in [0.1, 0.15) is 120 Å². The molecule has 0 spiro atoms. The summed E-state index contributed by atoms with van der Waals surface area (Å²) in [6.07, 6.45) is 0.840.